The molecule has 0 aromatic carbocycles. The van der Waals surface area contributed by atoms with Gasteiger partial charge in [0.05, 0.1) is 12.2 Å². The highest BCUT2D eigenvalue weighted by Crippen LogP contribution is 2.27. The number of nitrogens with zero attached hydrogens (tertiary/aromatic N) is 4. The molecule has 1 amide bonds. The van der Waals surface area contributed by atoms with Gasteiger partial charge in [0, 0.05) is 49.8 Å². The second-order valence-corrected chi connectivity index (χ2v) is 9.08. The molecule has 2 fully saturated rings. The Labute approximate surface area is 169 Å². The van der Waals surface area contributed by atoms with Crippen molar-refractivity contribution in [1.29, 1.82) is 0 Å². The Morgan fingerprint density at radius 3 is 2.18 bits per heavy atom. The molecule has 156 valence electrons. The summed E-state index contributed by atoms with van der Waals surface area (Å²) in [6, 6.07) is 2.13. The molecule has 0 N–H and O–H groups in total. The smallest absolute Gasteiger partial charge is 0.225 e. The molecule has 2 aliphatic heterocycles. The number of amides is 1. The summed E-state index contributed by atoms with van der Waals surface area (Å²) in [6.07, 6.45) is 2.02. The van der Waals surface area contributed by atoms with Crippen molar-refractivity contribution in [2.75, 3.05) is 31.1 Å². The van der Waals surface area contributed by atoms with Gasteiger partial charge in [-0.1, -0.05) is 27.7 Å². The van der Waals surface area contributed by atoms with Crippen molar-refractivity contribution in [2.45, 2.75) is 78.4 Å². The van der Waals surface area contributed by atoms with Crippen molar-refractivity contribution in [3.8, 4) is 0 Å². The van der Waals surface area contributed by atoms with Crippen molar-refractivity contribution in [3.63, 3.8) is 0 Å². The molecular weight excluding hydrogens is 352 g/mol. The van der Waals surface area contributed by atoms with Gasteiger partial charge in [0.1, 0.15) is 11.6 Å². The monoisotopic (exact) mass is 388 g/mol. The molecule has 3 heterocycles. The molecule has 2 saturated heterocycles. The maximum absolute atomic E-state index is 13.0. The lowest BCUT2D eigenvalue weighted by atomic mass is 9.94. The second kappa shape index (κ2) is 8.76. The van der Waals surface area contributed by atoms with Gasteiger partial charge < -0.3 is 14.5 Å². The van der Waals surface area contributed by atoms with Crippen LogP contribution >= 0.6 is 0 Å². The minimum Gasteiger partial charge on any atom is -0.372 e. The zero-order valence-electron chi connectivity index (χ0n) is 18.3. The normalized spacial score (nSPS) is 24.3. The number of anilines is 1. The standard InChI is InChI=1S/C22H36N4O2/c1-14(2)19-11-20(24-21(23-19)15(3)4)25-9-7-18(8-10-25)22(27)26-12-16(5)28-17(6)13-26/h11,14-18H,7-10,12-13H2,1-6H3. The van der Waals surface area contributed by atoms with Gasteiger partial charge in [0.15, 0.2) is 0 Å². The van der Waals surface area contributed by atoms with E-state index >= 15 is 0 Å². The lowest BCUT2D eigenvalue weighted by Crippen LogP contribution is -2.51. The molecule has 6 nitrogen and oxygen atoms in total. The van der Waals surface area contributed by atoms with Crippen molar-refractivity contribution < 1.29 is 9.53 Å². The first-order chi connectivity index (χ1) is 13.2. The fraction of sp³-hybridized carbons (Fsp3) is 0.773. The van der Waals surface area contributed by atoms with E-state index in [4.69, 9.17) is 14.7 Å². The minimum atomic E-state index is 0.115. The maximum Gasteiger partial charge on any atom is 0.225 e. The molecule has 6 heteroatoms. The number of piperidine rings is 1. The molecule has 3 rings (SSSR count). The molecule has 0 saturated carbocycles. The lowest BCUT2D eigenvalue weighted by Gasteiger charge is -2.39. The number of rotatable bonds is 4. The number of hydrogen-bond donors (Lipinski definition) is 0. The van der Waals surface area contributed by atoms with Crippen LogP contribution in [0.3, 0.4) is 0 Å². The van der Waals surface area contributed by atoms with E-state index in [0.29, 0.717) is 30.8 Å². The summed E-state index contributed by atoms with van der Waals surface area (Å²) < 4.78 is 5.77. The molecule has 28 heavy (non-hydrogen) atoms. The highest BCUT2D eigenvalue weighted by atomic mass is 16.5. The Hall–Kier alpha value is -1.69. The topological polar surface area (TPSA) is 58.6 Å². The Morgan fingerprint density at radius 1 is 1.04 bits per heavy atom. The van der Waals surface area contributed by atoms with Gasteiger partial charge in [-0.15, -0.1) is 0 Å². The van der Waals surface area contributed by atoms with E-state index in [9.17, 15) is 4.79 Å². The SMILES string of the molecule is CC1CN(C(=O)C2CCN(c3cc(C(C)C)nc(C(C)C)n3)CC2)CC(C)O1. The van der Waals surface area contributed by atoms with Gasteiger partial charge in [-0.05, 0) is 32.6 Å². The molecule has 0 bridgehead atoms. The molecule has 2 aliphatic rings. The molecule has 0 aliphatic carbocycles. The van der Waals surface area contributed by atoms with Crippen LogP contribution in [0, 0.1) is 5.92 Å². The quantitative estimate of drug-likeness (QED) is 0.789. The number of hydrogen-bond acceptors (Lipinski definition) is 5. The van der Waals surface area contributed by atoms with E-state index in [1.165, 1.54) is 0 Å². The highest BCUT2D eigenvalue weighted by molar-refractivity contribution is 5.79. The largest absolute Gasteiger partial charge is 0.372 e. The fourth-order valence-corrected chi connectivity index (χ4v) is 4.16. The summed E-state index contributed by atoms with van der Waals surface area (Å²) in [7, 11) is 0. The van der Waals surface area contributed by atoms with E-state index in [2.05, 4.69) is 38.7 Å². The molecule has 0 radical (unpaired) electrons. The average Bonchev–Trinajstić information content (AvgIpc) is 2.66. The van der Waals surface area contributed by atoms with Crippen LogP contribution in [-0.4, -0.2) is 59.2 Å². The summed E-state index contributed by atoms with van der Waals surface area (Å²) in [5.74, 6) is 3.03. The van der Waals surface area contributed by atoms with Crippen LogP contribution in [0.1, 0.15) is 77.7 Å². The van der Waals surface area contributed by atoms with Gasteiger partial charge in [0.25, 0.3) is 0 Å². The Morgan fingerprint density at radius 2 is 1.64 bits per heavy atom. The first kappa shape index (κ1) is 21.0. The molecule has 2 atom stereocenters. The zero-order chi connectivity index (χ0) is 20.4. The van der Waals surface area contributed by atoms with Gasteiger partial charge in [-0.25, -0.2) is 9.97 Å². The van der Waals surface area contributed by atoms with E-state index < -0.39 is 0 Å². The van der Waals surface area contributed by atoms with E-state index in [-0.39, 0.29) is 18.1 Å². The van der Waals surface area contributed by atoms with Gasteiger partial charge >= 0.3 is 0 Å². The van der Waals surface area contributed by atoms with Crippen LogP contribution in [0.25, 0.3) is 0 Å². The molecular formula is C22H36N4O2. The molecule has 1 aromatic rings. The van der Waals surface area contributed by atoms with Crippen molar-refractivity contribution in [3.05, 3.63) is 17.6 Å². The summed E-state index contributed by atoms with van der Waals surface area (Å²) in [4.78, 5) is 26.9. The van der Waals surface area contributed by atoms with E-state index in [0.717, 1.165) is 43.3 Å². The molecule has 0 spiro atoms. The highest BCUT2D eigenvalue weighted by Gasteiger charge is 2.33. The number of morpholine rings is 1. The Kier molecular flexibility index (Phi) is 6.58. The van der Waals surface area contributed by atoms with Gasteiger partial charge in [0.2, 0.25) is 5.91 Å². The van der Waals surface area contributed by atoms with Crippen molar-refractivity contribution in [2.24, 2.45) is 5.92 Å². The third-order valence-corrected chi connectivity index (χ3v) is 5.76. The second-order valence-electron chi connectivity index (χ2n) is 9.08. The van der Waals surface area contributed by atoms with Crippen LogP contribution in [0.4, 0.5) is 5.82 Å². The maximum atomic E-state index is 13.0. The predicted octanol–water partition coefficient (Wildman–Crippen LogP) is 3.58. The number of carbonyl (C=O) groups excluding carboxylic acids is 1. The van der Waals surface area contributed by atoms with Crippen LogP contribution in [0.15, 0.2) is 6.07 Å². The lowest BCUT2D eigenvalue weighted by molar-refractivity contribution is -0.148. The number of carbonyl (C=O) groups is 1. The summed E-state index contributed by atoms with van der Waals surface area (Å²) in [5.41, 5.74) is 1.10. The van der Waals surface area contributed by atoms with Crippen LogP contribution in [0.2, 0.25) is 0 Å². The van der Waals surface area contributed by atoms with Crippen LogP contribution in [0.5, 0.6) is 0 Å². The van der Waals surface area contributed by atoms with Crippen molar-refractivity contribution in [1.82, 2.24) is 14.9 Å². The van der Waals surface area contributed by atoms with E-state index in [1.807, 2.05) is 18.7 Å². The summed E-state index contributed by atoms with van der Waals surface area (Å²) in [6.45, 7) is 15.9. The summed E-state index contributed by atoms with van der Waals surface area (Å²) in [5, 5.41) is 0. The molecule has 2 unspecified atom stereocenters. The fourth-order valence-electron chi connectivity index (χ4n) is 4.16. The summed E-state index contributed by atoms with van der Waals surface area (Å²) >= 11 is 0. The Balaban J connectivity index is 1.66. The first-order valence-electron chi connectivity index (χ1n) is 10.8. The van der Waals surface area contributed by atoms with Crippen LogP contribution < -0.4 is 4.90 Å². The third-order valence-electron chi connectivity index (χ3n) is 5.76. The first-order valence-corrected chi connectivity index (χ1v) is 10.8. The third kappa shape index (κ3) is 4.83. The predicted molar refractivity (Wildman–Crippen MR) is 112 cm³/mol. The zero-order valence-corrected chi connectivity index (χ0v) is 18.3. The number of ether oxygens (including phenoxy) is 1. The van der Waals surface area contributed by atoms with Crippen molar-refractivity contribution >= 4 is 11.7 Å². The molecule has 1 aromatic heterocycles. The van der Waals surface area contributed by atoms with Crippen LogP contribution in [-0.2, 0) is 9.53 Å². The minimum absolute atomic E-state index is 0.115. The van der Waals surface area contributed by atoms with Gasteiger partial charge in [-0.2, -0.15) is 0 Å². The van der Waals surface area contributed by atoms with Gasteiger partial charge in [-0.3, -0.25) is 4.79 Å². The average molecular weight is 389 g/mol. The Bertz CT molecular complexity index is 647. The number of aromatic nitrogens is 2. The van der Waals surface area contributed by atoms with E-state index in [1.54, 1.807) is 0 Å².